The number of fused-ring (bicyclic) bond motifs is 5. The quantitative estimate of drug-likeness (QED) is 0.373. The van der Waals surface area contributed by atoms with Crippen molar-refractivity contribution in [2.75, 3.05) is 11.9 Å². The van der Waals surface area contributed by atoms with Crippen molar-refractivity contribution in [3.05, 3.63) is 87.3 Å². The van der Waals surface area contributed by atoms with Gasteiger partial charge >= 0.3 is 0 Å². The fourth-order valence-electron chi connectivity index (χ4n) is 5.47. The molecule has 1 spiro atoms. The van der Waals surface area contributed by atoms with Crippen molar-refractivity contribution in [3.8, 4) is 5.69 Å². The highest BCUT2D eigenvalue weighted by Gasteiger charge is 2.49. The summed E-state index contributed by atoms with van der Waals surface area (Å²) in [6.45, 7) is 2.94. The number of rotatable bonds is 3. The Morgan fingerprint density at radius 1 is 1.18 bits per heavy atom. The number of hydrogen-bond acceptors (Lipinski definition) is 6. The number of carbonyl (C=O) groups is 1. The molecule has 1 aliphatic carbocycles. The second kappa shape index (κ2) is 8.09. The molecule has 38 heavy (non-hydrogen) atoms. The van der Waals surface area contributed by atoms with Gasteiger partial charge in [0.05, 0.1) is 5.02 Å². The molecular weight excluding hydrogens is 509 g/mol. The van der Waals surface area contributed by atoms with E-state index < -0.39 is 11.4 Å². The first kappa shape index (κ1) is 22.9. The summed E-state index contributed by atoms with van der Waals surface area (Å²) in [6.07, 6.45) is 6.73. The molecule has 0 bridgehead atoms. The summed E-state index contributed by atoms with van der Waals surface area (Å²) in [5, 5.41) is 3.49. The molecule has 1 aliphatic heterocycles. The topological polar surface area (TPSA) is 97.4 Å². The van der Waals surface area contributed by atoms with E-state index in [0.717, 1.165) is 35.2 Å². The summed E-state index contributed by atoms with van der Waals surface area (Å²) in [4.78, 5) is 40.7. The molecule has 11 heteroatoms. The molecular formula is C27H21ClFN7O2. The Morgan fingerprint density at radius 2 is 2.03 bits per heavy atom. The number of halogens is 2. The first-order chi connectivity index (χ1) is 18.3. The van der Waals surface area contributed by atoms with Gasteiger partial charge < -0.3 is 10.2 Å². The molecule has 190 valence electrons. The van der Waals surface area contributed by atoms with Crippen LogP contribution in [0.1, 0.15) is 30.9 Å². The lowest BCUT2D eigenvalue weighted by atomic mass is 9.86. The predicted molar refractivity (Wildman–Crippen MR) is 141 cm³/mol. The summed E-state index contributed by atoms with van der Waals surface area (Å²) in [5.74, 6) is -0.113. The Bertz CT molecular complexity index is 1840. The van der Waals surface area contributed by atoms with Gasteiger partial charge in [-0.1, -0.05) is 23.7 Å². The summed E-state index contributed by atoms with van der Waals surface area (Å²) in [5.41, 5.74) is 2.96. The van der Waals surface area contributed by atoms with Crippen molar-refractivity contribution < 1.29 is 9.18 Å². The van der Waals surface area contributed by atoms with E-state index in [2.05, 4.69) is 26.3 Å². The second-order valence-electron chi connectivity index (χ2n) is 9.89. The number of amides is 1. The smallest absolute Gasteiger partial charge is 0.270 e. The van der Waals surface area contributed by atoms with Crippen LogP contribution in [0.3, 0.4) is 0 Å². The highest BCUT2D eigenvalue weighted by atomic mass is 35.5. The van der Waals surface area contributed by atoms with Gasteiger partial charge in [0.1, 0.15) is 16.9 Å². The monoisotopic (exact) mass is 529 g/mol. The molecule has 0 unspecified atom stereocenters. The number of nitrogens with one attached hydrogen (secondary N) is 1. The summed E-state index contributed by atoms with van der Waals surface area (Å²) < 4.78 is 17.5. The van der Waals surface area contributed by atoms with E-state index in [1.165, 1.54) is 36.2 Å². The van der Waals surface area contributed by atoms with Gasteiger partial charge in [-0.25, -0.2) is 18.9 Å². The van der Waals surface area contributed by atoms with Gasteiger partial charge in [0.15, 0.2) is 5.65 Å². The normalized spacial score (nSPS) is 15.7. The molecule has 5 aromatic rings. The fourth-order valence-corrected chi connectivity index (χ4v) is 5.72. The molecule has 3 aromatic heterocycles. The van der Waals surface area contributed by atoms with Gasteiger partial charge in [0.25, 0.3) is 5.56 Å². The van der Waals surface area contributed by atoms with E-state index >= 15 is 0 Å². The first-order valence-electron chi connectivity index (χ1n) is 12.2. The summed E-state index contributed by atoms with van der Waals surface area (Å²) in [7, 11) is 0. The first-order valence-corrected chi connectivity index (χ1v) is 12.6. The Morgan fingerprint density at radius 3 is 2.79 bits per heavy atom. The van der Waals surface area contributed by atoms with Gasteiger partial charge in [-0.3, -0.25) is 14.0 Å². The zero-order valence-corrected chi connectivity index (χ0v) is 21.0. The average Bonchev–Trinajstić information content (AvgIpc) is 3.48. The molecule has 9 nitrogen and oxygen atoms in total. The van der Waals surface area contributed by atoms with Crippen molar-refractivity contribution in [2.45, 2.75) is 31.7 Å². The third kappa shape index (κ3) is 3.40. The van der Waals surface area contributed by atoms with Crippen molar-refractivity contribution in [2.24, 2.45) is 0 Å². The Kier molecular flexibility index (Phi) is 4.87. The molecule has 1 fully saturated rings. The minimum Gasteiger partial charge on any atom is -0.338 e. The Hall–Kier alpha value is -4.31. The highest BCUT2D eigenvalue weighted by molar-refractivity contribution is 6.32. The van der Waals surface area contributed by atoms with E-state index in [4.69, 9.17) is 11.6 Å². The third-order valence-corrected chi connectivity index (χ3v) is 7.80. The number of imidazole rings is 1. The van der Waals surface area contributed by atoms with E-state index in [1.807, 2.05) is 17.0 Å². The molecule has 0 saturated heterocycles. The fraction of sp³-hybridized carbons (Fsp3) is 0.222. The number of hydrogen-bond donors (Lipinski definition) is 1. The van der Waals surface area contributed by atoms with Crippen LogP contribution in [0.5, 0.6) is 0 Å². The Labute approximate surface area is 220 Å². The maximum Gasteiger partial charge on any atom is 0.270 e. The van der Waals surface area contributed by atoms with Crippen LogP contribution in [0.25, 0.3) is 22.5 Å². The van der Waals surface area contributed by atoms with E-state index in [0.29, 0.717) is 12.2 Å². The molecule has 4 heterocycles. The van der Waals surface area contributed by atoms with Gasteiger partial charge in [-0.2, -0.15) is 4.98 Å². The van der Waals surface area contributed by atoms with Crippen molar-refractivity contribution in [1.29, 1.82) is 0 Å². The van der Waals surface area contributed by atoms with Crippen LogP contribution in [0.2, 0.25) is 5.02 Å². The molecule has 1 saturated carbocycles. The van der Waals surface area contributed by atoms with Crippen molar-refractivity contribution in [3.63, 3.8) is 0 Å². The third-order valence-electron chi connectivity index (χ3n) is 7.50. The zero-order valence-electron chi connectivity index (χ0n) is 20.3. The maximum atomic E-state index is 14.8. The SMILES string of the molecule is CC(=O)N1Cc2cc(Nc3ncc4c(=O)n(-c5c(F)cccc5Cl)c5nccn5c4n3)ccc2C2(CC2)C1. The second-order valence-corrected chi connectivity index (χ2v) is 10.3. The van der Waals surface area contributed by atoms with Gasteiger partial charge in [-0.15, -0.1) is 0 Å². The summed E-state index contributed by atoms with van der Waals surface area (Å²) in [6, 6.07) is 10.4. The van der Waals surface area contributed by atoms with Crippen molar-refractivity contribution >= 4 is 46.0 Å². The van der Waals surface area contributed by atoms with Gasteiger partial charge in [0, 0.05) is 49.7 Å². The number of nitrogens with zero attached hydrogens (tertiary/aromatic N) is 6. The van der Waals surface area contributed by atoms with Crippen LogP contribution in [-0.4, -0.2) is 41.3 Å². The number of para-hydroxylation sites is 1. The van der Waals surface area contributed by atoms with Crippen LogP contribution in [0, 0.1) is 5.82 Å². The van der Waals surface area contributed by atoms with Gasteiger partial charge in [-0.05, 0) is 48.2 Å². The minimum atomic E-state index is -0.646. The molecule has 0 atom stereocenters. The molecule has 1 amide bonds. The molecule has 2 aromatic carbocycles. The average molecular weight is 530 g/mol. The van der Waals surface area contributed by atoms with Crippen LogP contribution in [0.15, 0.2) is 59.8 Å². The zero-order chi connectivity index (χ0) is 26.2. The number of benzene rings is 2. The standard InChI is InChI=1S/C27H21ClFN7O2/c1-15(37)34-13-16-11-17(5-6-19(16)27(14-34)7-8-27)32-25-31-12-18-23(33-25)35-10-9-30-26(35)36(24(18)38)22-20(28)3-2-4-21(22)29/h2-6,9-12H,7-8,13-14H2,1H3,(H,31,32,33). The van der Waals surface area contributed by atoms with Crippen molar-refractivity contribution in [1.82, 2.24) is 28.8 Å². The summed E-state index contributed by atoms with van der Waals surface area (Å²) >= 11 is 6.27. The van der Waals surface area contributed by atoms with Crippen LogP contribution in [-0.2, 0) is 16.8 Å². The van der Waals surface area contributed by atoms with E-state index in [-0.39, 0.29) is 39.1 Å². The maximum absolute atomic E-state index is 14.8. The Balaban J connectivity index is 1.31. The number of anilines is 2. The van der Waals surface area contributed by atoms with Gasteiger partial charge in [0.2, 0.25) is 17.6 Å². The number of carbonyl (C=O) groups excluding carboxylic acids is 1. The van der Waals surface area contributed by atoms with Crippen LogP contribution >= 0.6 is 11.6 Å². The molecule has 2 aliphatic rings. The van der Waals surface area contributed by atoms with E-state index in [9.17, 15) is 14.0 Å². The highest BCUT2D eigenvalue weighted by Crippen LogP contribution is 2.52. The molecule has 7 rings (SSSR count). The van der Waals surface area contributed by atoms with E-state index in [1.54, 1.807) is 17.5 Å². The largest absolute Gasteiger partial charge is 0.338 e. The number of aromatic nitrogens is 5. The molecule has 0 radical (unpaired) electrons. The lowest BCUT2D eigenvalue weighted by molar-refractivity contribution is -0.130. The predicted octanol–water partition coefficient (Wildman–Crippen LogP) is 4.36. The minimum absolute atomic E-state index is 0.0739. The van der Waals surface area contributed by atoms with Crippen LogP contribution in [0.4, 0.5) is 16.0 Å². The van der Waals surface area contributed by atoms with Crippen LogP contribution < -0.4 is 10.9 Å². The lowest BCUT2D eigenvalue weighted by Crippen LogP contribution is -2.40. The lowest BCUT2D eigenvalue weighted by Gasteiger charge is -2.34. The molecule has 1 N–H and O–H groups in total.